The minimum atomic E-state index is -3.52. The molecule has 5 rings (SSSR count). The molecule has 0 amide bonds. The number of fused-ring (bicyclic) bond motifs is 1. The average Bonchev–Trinajstić information content (AvgIpc) is 3.26. The van der Waals surface area contributed by atoms with Gasteiger partial charge in [-0.2, -0.15) is 0 Å². The largest absolute Gasteiger partial charge is 0.480 e. The molecule has 2 aliphatic rings. The number of methoxy groups -OCH3 is 1. The molecule has 35 heavy (non-hydrogen) atoms. The second-order valence-electron chi connectivity index (χ2n) is 8.59. The van der Waals surface area contributed by atoms with Gasteiger partial charge in [0.05, 0.1) is 42.5 Å². The van der Waals surface area contributed by atoms with Gasteiger partial charge in [0.25, 0.3) is 0 Å². The third kappa shape index (κ3) is 5.48. The zero-order valence-electron chi connectivity index (χ0n) is 19.8. The second-order valence-corrected chi connectivity index (χ2v) is 11.2. The molecule has 13 heteroatoms. The van der Waals surface area contributed by atoms with Crippen molar-refractivity contribution in [3.63, 3.8) is 0 Å². The van der Waals surface area contributed by atoms with Gasteiger partial charge in [0.15, 0.2) is 0 Å². The molecule has 2 N–H and O–H groups in total. The van der Waals surface area contributed by atoms with Crippen LogP contribution in [0.2, 0.25) is 0 Å². The fourth-order valence-electron chi connectivity index (χ4n) is 4.29. The number of thiophene rings is 1. The minimum absolute atomic E-state index is 0.198. The molecule has 0 unspecified atom stereocenters. The summed E-state index contributed by atoms with van der Waals surface area (Å²) < 4.78 is 38.1. The van der Waals surface area contributed by atoms with E-state index < -0.39 is 10.0 Å². The summed E-state index contributed by atoms with van der Waals surface area (Å²) >= 11 is 1.60. The van der Waals surface area contributed by atoms with Crippen LogP contribution in [0.1, 0.15) is 5.56 Å². The highest BCUT2D eigenvalue weighted by Gasteiger charge is 2.22. The quantitative estimate of drug-likeness (QED) is 0.473. The molecule has 5 heterocycles. The fraction of sp³-hybridized carbons (Fsp3) is 0.500. The maximum absolute atomic E-state index is 11.9. The van der Waals surface area contributed by atoms with E-state index in [2.05, 4.69) is 30.2 Å². The predicted molar refractivity (Wildman–Crippen MR) is 137 cm³/mol. The Labute approximate surface area is 208 Å². The molecule has 0 bridgehead atoms. The standard InChI is InChI=1S/C22H29N7O4S2/c1-32-21-17(27-35(2,30)31)11-15(12-24-21)18-20-19(26-22(25-18)29-7-9-33-10-8-29)16(14-34-20)13-28-5-3-23-4-6-28/h11-12,14,23,27H,3-10,13H2,1-2H3. The van der Waals surface area contributed by atoms with Crippen molar-refractivity contribution in [2.45, 2.75) is 6.54 Å². The van der Waals surface area contributed by atoms with Gasteiger partial charge in [0.2, 0.25) is 21.9 Å². The van der Waals surface area contributed by atoms with Crippen molar-refractivity contribution in [2.24, 2.45) is 0 Å². The van der Waals surface area contributed by atoms with Crippen LogP contribution in [0.5, 0.6) is 5.88 Å². The molecule has 0 radical (unpaired) electrons. The number of aromatic nitrogens is 3. The first-order chi connectivity index (χ1) is 16.9. The molecule has 0 saturated carbocycles. The number of pyridine rings is 1. The zero-order valence-corrected chi connectivity index (χ0v) is 21.4. The van der Waals surface area contributed by atoms with Crippen molar-refractivity contribution in [2.75, 3.05) is 75.5 Å². The molecular weight excluding hydrogens is 490 g/mol. The first-order valence-electron chi connectivity index (χ1n) is 11.5. The van der Waals surface area contributed by atoms with Crippen LogP contribution in [0.25, 0.3) is 21.5 Å². The smallest absolute Gasteiger partial charge is 0.238 e. The monoisotopic (exact) mass is 519 g/mol. The summed E-state index contributed by atoms with van der Waals surface area (Å²) in [7, 11) is -2.07. The Bertz CT molecular complexity index is 1300. The normalized spacial score (nSPS) is 17.6. The molecule has 11 nitrogen and oxygen atoms in total. The van der Waals surface area contributed by atoms with E-state index in [0.29, 0.717) is 37.8 Å². The van der Waals surface area contributed by atoms with E-state index in [1.54, 1.807) is 23.6 Å². The number of hydrogen-bond donors (Lipinski definition) is 2. The van der Waals surface area contributed by atoms with Crippen LogP contribution < -0.4 is 19.7 Å². The number of nitrogens with zero attached hydrogens (tertiary/aromatic N) is 5. The van der Waals surface area contributed by atoms with Gasteiger partial charge in [0, 0.05) is 63.1 Å². The Morgan fingerprint density at radius 1 is 1.20 bits per heavy atom. The third-order valence-electron chi connectivity index (χ3n) is 5.99. The van der Waals surface area contributed by atoms with Crippen LogP contribution in [0.15, 0.2) is 17.6 Å². The molecular formula is C22H29N7O4S2. The van der Waals surface area contributed by atoms with Crippen LogP contribution in [-0.4, -0.2) is 94.1 Å². The van der Waals surface area contributed by atoms with Gasteiger partial charge >= 0.3 is 0 Å². The molecule has 0 aliphatic carbocycles. The van der Waals surface area contributed by atoms with Crippen LogP contribution in [0.4, 0.5) is 11.6 Å². The lowest BCUT2D eigenvalue weighted by Crippen LogP contribution is -2.42. The van der Waals surface area contributed by atoms with Gasteiger partial charge in [-0.05, 0) is 11.4 Å². The van der Waals surface area contributed by atoms with Gasteiger partial charge in [0.1, 0.15) is 5.69 Å². The fourth-order valence-corrected chi connectivity index (χ4v) is 5.85. The van der Waals surface area contributed by atoms with E-state index >= 15 is 0 Å². The van der Waals surface area contributed by atoms with Gasteiger partial charge in [-0.3, -0.25) is 9.62 Å². The number of anilines is 2. The summed E-state index contributed by atoms with van der Waals surface area (Å²) in [6, 6.07) is 1.72. The number of nitrogens with one attached hydrogen (secondary N) is 2. The van der Waals surface area contributed by atoms with Crippen molar-refractivity contribution in [3.8, 4) is 17.1 Å². The van der Waals surface area contributed by atoms with Gasteiger partial charge in [-0.15, -0.1) is 11.3 Å². The van der Waals surface area contributed by atoms with E-state index in [-0.39, 0.29) is 11.6 Å². The number of hydrogen-bond acceptors (Lipinski definition) is 11. The van der Waals surface area contributed by atoms with Crippen molar-refractivity contribution in [1.29, 1.82) is 0 Å². The van der Waals surface area contributed by atoms with Crippen LogP contribution in [-0.2, 0) is 21.3 Å². The first kappa shape index (κ1) is 24.1. The summed E-state index contributed by atoms with van der Waals surface area (Å²) in [6.07, 6.45) is 2.76. The summed E-state index contributed by atoms with van der Waals surface area (Å²) in [6.45, 7) is 7.45. The molecule has 2 fully saturated rings. The van der Waals surface area contributed by atoms with Gasteiger partial charge in [-0.25, -0.2) is 23.4 Å². The lowest BCUT2D eigenvalue weighted by molar-refractivity contribution is 0.122. The lowest BCUT2D eigenvalue weighted by Gasteiger charge is -2.28. The molecule has 188 valence electrons. The van der Waals surface area contributed by atoms with Gasteiger partial charge in [-0.1, -0.05) is 0 Å². The number of piperazine rings is 1. The van der Waals surface area contributed by atoms with E-state index in [0.717, 1.165) is 54.9 Å². The molecule has 0 atom stereocenters. The number of rotatable bonds is 7. The molecule has 0 aromatic carbocycles. The van der Waals surface area contributed by atoms with E-state index in [1.165, 1.54) is 12.7 Å². The maximum atomic E-state index is 11.9. The van der Waals surface area contributed by atoms with Crippen LogP contribution in [0.3, 0.4) is 0 Å². The Kier molecular flexibility index (Phi) is 7.02. The highest BCUT2D eigenvalue weighted by atomic mass is 32.2. The van der Waals surface area contributed by atoms with E-state index in [1.807, 2.05) is 0 Å². The first-order valence-corrected chi connectivity index (χ1v) is 14.2. The topological polar surface area (TPSA) is 122 Å². The molecule has 3 aromatic rings. The Morgan fingerprint density at radius 2 is 1.97 bits per heavy atom. The molecule has 2 aliphatic heterocycles. The van der Waals surface area contributed by atoms with E-state index in [9.17, 15) is 8.42 Å². The average molecular weight is 520 g/mol. The van der Waals surface area contributed by atoms with Crippen molar-refractivity contribution in [3.05, 3.63) is 23.2 Å². The maximum Gasteiger partial charge on any atom is 0.238 e. The summed E-state index contributed by atoms with van der Waals surface area (Å²) in [4.78, 5) is 18.8. The second kappa shape index (κ2) is 10.2. The Morgan fingerprint density at radius 3 is 2.69 bits per heavy atom. The number of sulfonamides is 1. The highest BCUT2D eigenvalue weighted by molar-refractivity contribution is 7.92. The lowest BCUT2D eigenvalue weighted by atomic mass is 10.1. The van der Waals surface area contributed by atoms with Crippen molar-refractivity contribution in [1.82, 2.24) is 25.2 Å². The van der Waals surface area contributed by atoms with Crippen LogP contribution >= 0.6 is 11.3 Å². The molecule has 0 spiro atoms. The SMILES string of the molecule is COc1ncc(-c2nc(N3CCOCC3)nc3c(CN4CCNCC4)csc23)cc1NS(C)(=O)=O. The van der Waals surface area contributed by atoms with Crippen molar-refractivity contribution < 1.29 is 17.9 Å². The Balaban J connectivity index is 1.61. The summed E-state index contributed by atoms with van der Waals surface area (Å²) in [5.41, 5.74) is 3.77. The predicted octanol–water partition coefficient (Wildman–Crippen LogP) is 1.38. The highest BCUT2D eigenvalue weighted by Crippen LogP contribution is 2.37. The summed E-state index contributed by atoms with van der Waals surface area (Å²) in [5, 5.41) is 5.55. The number of ether oxygens (including phenoxy) is 2. The summed E-state index contributed by atoms with van der Waals surface area (Å²) in [5.74, 6) is 0.840. The minimum Gasteiger partial charge on any atom is -0.480 e. The third-order valence-corrected chi connectivity index (χ3v) is 7.60. The Hall–Kier alpha value is -2.58. The van der Waals surface area contributed by atoms with Crippen molar-refractivity contribution >= 4 is 43.2 Å². The molecule has 2 saturated heterocycles. The van der Waals surface area contributed by atoms with Crippen LogP contribution in [0, 0.1) is 0 Å². The van der Waals surface area contributed by atoms with Gasteiger partial charge < -0.3 is 19.7 Å². The van der Waals surface area contributed by atoms with E-state index in [4.69, 9.17) is 19.4 Å². The number of morpholine rings is 1. The molecule has 3 aromatic heterocycles. The zero-order chi connectivity index (χ0) is 24.4.